The molecule has 0 aromatic carbocycles. The quantitative estimate of drug-likeness (QED) is 0.733. The van der Waals surface area contributed by atoms with Crippen LogP contribution in [0.15, 0.2) is 0 Å². The number of urea groups is 1. The van der Waals surface area contributed by atoms with Crippen LogP contribution >= 0.6 is 12.6 Å². The minimum Gasteiger partial charge on any atom is -0.322 e. The molecule has 2 saturated heterocycles. The third kappa shape index (κ3) is 3.29. The van der Waals surface area contributed by atoms with Crippen LogP contribution in [-0.2, 0) is 0 Å². The molecule has 2 rings (SSSR count). The van der Waals surface area contributed by atoms with Gasteiger partial charge in [0.2, 0.25) is 0 Å². The van der Waals surface area contributed by atoms with Gasteiger partial charge in [0.25, 0.3) is 0 Å². The molecular weight excluding hydrogens is 253 g/mol. The van der Waals surface area contributed by atoms with Crippen LogP contribution in [0, 0.1) is 0 Å². The van der Waals surface area contributed by atoms with E-state index in [2.05, 4.69) is 17.5 Å². The molecule has 4 nitrogen and oxygen atoms in total. The summed E-state index contributed by atoms with van der Waals surface area (Å²) in [6, 6.07) is 0.00353. The maximum Gasteiger partial charge on any atom is 0.320 e. The SMILES string of the molecule is C[C@H](S)N1CCN(C(=O)N2CCCC(F)C2)CC1. The Morgan fingerprint density at radius 2 is 1.89 bits per heavy atom. The van der Waals surface area contributed by atoms with Gasteiger partial charge in [-0.25, -0.2) is 9.18 Å². The Kier molecular flexibility index (Phi) is 4.72. The van der Waals surface area contributed by atoms with Crippen molar-refractivity contribution >= 4 is 18.7 Å². The molecule has 2 heterocycles. The summed E-state index contributed by atoms with van der Waals surface area (Å²) >= 11 is 4.40. The van der Waals surface area contributed by atoms with Crippen LogP contribution in [0.2, 0.25) is 0 Å². The number of carbonyl (C=O) groups excluding carboxylic acids is 1. The largest absolute Gasteiger partial charge is 0.322 e. The molecule has 0 aromatic rings. The molecule has 2 aliphatic heterocycles. The van der Waals surface area contributed by atoms with E-state index in [0.29, 0.717) is 13.0 Å². The highest BCUT2D eigenvalue weighted by Gasteiger charge is 2.29. The topological polar surface area (TPSA) is 26.8 Å². The number of rotatable bonds is 1. The first-order valence-corrected chi connectivity index (χ1v) is 7.19. The number of carbonyl (C=O) groups is 1. The number of hydrogen-bond acceptors (Lipinski definition) is 3. The number of alkyl halides is 1. The lowest BCUT2D eigenvalue weighted by molar-refractivity contribution is 0.0897. The van der Waals surface area contributed by atoms with Crippen molar-refractivity contribution in [2.45, 2.75) is 31.3 Å². The first-order valence-electron chi connectivity index (χ1n) is 6.68. The molecule has 0 saturated carbocycles. The molecular formula is C12H22FN3OS. The highest BCUT2D eigenvalue weighted by Crippen LogP contribution is 2.16. The van der Waals surface area contributed by atoms with Gasteiger partial charge < -0.3 is 9.80 Å². The van der Waals surface area contributed by atoms with E-state index in [1.54, 1.807) is 4.90 Å². The maximum atomic E-state index is 13.3. The fourth-order valence-electron chi connectivity index (χ4n) is 2.59. The highest BCUT2D eigenvalue weighted by atomic mass is 32.1. The van der Waals surface area contributed by atoms with Gasteiger partial charge >= 0.3 is 6.03 Å². The van der Waals surface area contributed by atoms with Gasteiger partial charge in [0, 0.05) is 32.7 Å². The third-order valence-electron chi connectivity index (χ3n) is 3.75. The van der Waals surface area contributed by atoms with Gasteiger partial charge in [0.1, 0.15) is 6.17 Å². The first-order chi connectivity index (χ1) is 8.58. The molecule has 0 bridgehead atoms. The number of hydrogen-bond donors (Lipinski definition) is 1. The summed E-state index contributed by atoms with van der Waals surface area (Å²) in [5.74, 6) is 0. The molecule has 0 aromatic heterocycles. The van der Waals surface area contributed by atoms with E-state index in [1.165, 1.54) is 0 Å². The van der Waals surface area contributed by atoms with Crippen LogP contribution in [0.3, 0.4) is 0 Å². The summed E-state index contributed by atoms with van der Waals surface area (Å²) < 4.78 is 13.3. The number of piperazine rings is 1. The summed E-state index contributed by atoms with van der Waals surface area (Å²) in [6.45, 7) is 6.14. The monoisotopic (exact) mass is 275 g/mol. The van der Waals surface area contributed by atoms with Gasteiger partial charge in [-0.15, -0.1) is 0 Å². The molecule has 0 radical (unpaired) electrons. The minimum absolute atomic E-state index is 0.00353. The fourth-order valence-corrected chi connectivity index (χ4v) is 2.82. The van der Waals surface area contributed by atoms with Crippen molar-refractivity contribution in [3.63, 3.8) is 0 Å². The lowest BCUT2D eigenvalue weighted by Gasteiger charge is -2.40. The van der Waals surface area contributed by atoms with Gasteiger partial charge in [0.15, 0.2) is 0 Å². The average molecular weight is 275 g/mol. The van der Waals surface area contributed by atoms with Crippen LogP contribution in [0.25, 0.3) is 0 Å². The van der Waals surface area contributed by atoms with Crippen molar-refractivity contribution < 1.29 is 9.18 Å². The average Bonchev–Trinajstić information content (AvgIpc) is 2.38. The summed E-state index contributed by atoms with van der Waals surface area (Å²) in [7, 11) is 0. The summed E-state index contributed by atoms with van der Waals surface area (Å²) in [5.41, 5.74) is 0. The number of likely N-dealkylation sites (tertiary alicyclic amines) is 1. The Bertz CT molecular complexity index is 295. The number of piperidine rings is 1. The minimum atomic E-state index is -0.846. The smallest absolute Gasteiger partial charge is 0.320 e. The van der Waals surface area contributed by atoms with Crippen molar-refractivity contribution in [3.05, 3.63) is 0 Å². The predicted molar refractivity (Wildman–Crippen MR) is 72.7 cm³/mol. The van der Waals surface area contributed by atoms with Gasteiger partial charge in [-0.1, -0.05) is 0 Å². The van der Waals surface area contributed by atoms with Crippen molar-refractivity contribution in [3.8, 4) is 0 Å². The Hall–Kier alpha value is -0.490. The lowest BCUT2D eigenvalue weighted by atomic mass is 10.1. The summed E-state index contributed by atoms with van der Waals surface area (Å²) in [5, 5.41) is 0.229. The Balaban J connectivity index is 1.83. The number of nitrogens with zero attached hydrogens (tertiary/aromatic N) is 3. The van der Waals surface area contributed by atoms with E-state index in [1.807, 2.05) is 11.8 Å². The van der Waals surface area contributed by atoms with E-state index in [9.17, 15) is 9.18 Å². The van der Waals surface area contributed by atoms with E-state index in [-0.39, 0.29) is 17.9 Å². The fraction of sp³-hybridized carbons (Fsp3) is 0.917. The zero-order chi connectivity index (χ0) is 13.1. The van der Waals surface area contributed by atoms with Crippen LogP contribution in [0.1, 0.15) is 19.8 Å². The molecule has 0 spiro atoms. The third-order valence-corrected chi connectivity index (χ3v) is 4.07. The summed E-state index contributed by atoms with van der Waals surface area (Å²) in [4.78, 5) is 18.0. The molecule has 104 valence electrons. The zero-order valence-corrected chi connectivity index (χ0v) is 11.8. The number of thiol groups is 1. The van der Waals surface area contributed by atoms with Crippen LogP contribution in [0.5, 0.6) is 0 Å². The molecule has 0 N–H and O–H groups in total. The molecule has 2 fully saturated rings. The van der Waals surface area contributed by atoms with E-state index >= 15 is 0 Å². The Morgan fingerprint density at radius 1 is 1.22 bits per heavy atom. The van der Waals surface area contributed by atoms with Gasteiger partial charge in [0.05, 0.1) is 11.9 Å². The van der Waals surface area contributed by atoms with Crippen molar-refractivity contribution in [2.24, 2.45) is 0 Å². The second-order valence-corrected chi connectivity index (χ2v) is 5.87. The predicted octanol–water partition coefficient (Wildman–Crippen LogP) is 1.43. The second kappa shape index (κ2) is 6.10. The molecule has 6 heteroatoms. The molecule has 0 aliphatic carbocycles. The zero-order valence-electron chi connectivity index (χ0n) is 10.9. The Labute approximate surface area is 114 Å². The normalized spacial score (nSPS) is 28.3. The molecule has 2 atom stereocenters. The molecule has 1 unspecified atom stereocenters. The van der Waals surface area contributed by atoms with Crippen molar-refractivity contribution in [2.75, 3.05) is 39.3 Å². The lowest BCUT2D eigenvalue weighted by Crippen LogP contribution is -2.55. The van der Waals surface area contributed by atoms with Gasteiger partial charge in [-0.2, -0.15) is 12.6 Å². The van der Waals surface area contributed by atoms with E-state index < -0.39 is 6.17 Å². The number of amides is 2. The second-order valence-electron chi connectivity index (χ2n) is 5.12. The van der Waals surface area contributed by atoms with E-state index in [4.69, 9.17) is 0 Å². The first kappa shape index (κ1) is 13.9. The van der Waals surface area contributed by atoms with Crippen LogP contribution < -0.4 is 0 Å². The Morgan fingerprint density at radius 3 is 2.44 bits per heavy atom. The van der Waals surface area contributed by atoms with Gasteiger partial charge in [-0.3, -0.25) is 4.90 Å². The number of halogens is 1. The van der Waals surface area contributed by atoms with Crippen molar-refractivity contribution in [1.82, 2.24) is 14.7 Å². The standard InChI is InChI=1S/C12H22FN3OS/c1-10(18)14-5-7-15(8-6-14)12(17)16-4-2-3-11(13)9-16/h10-11,18H,2-9H2,1H3/t10-,11?/m0/s1. The molecule has 18 heavy (non-hydrogen) atoms. The van der Waals surface area contributed by atoms with E-state index in [0.717, 1.165) is 32.6 Å². The van der Waals surface area contributed by atoms with Crippen molar-refractivity contribution in [1.29, 1.82) is 0 Å². The maximum absolute atomic E-state index is 13.3. The van der Waals surface area contributed by atoms with Crippen LogP contribution in [0.4, 0.5) is 9.18 Å². The molecule has 2 aliphatic rings. The highest BCUT2D eigenvalue weighted by molar-refractivity contribution is 7.80. The summed E-state index contributed by atoms with van der Waals surface area (Å²) in [6.07, 6.45) is 0.524. The van der Waals surface area contributed by atoms with Crippen LogP contribution in [-0.4, -0.2) is 71.5 Å². The van der Waals surface area contributed by atoms with Gasteiger partial charge in [-0.05, 0) is 19.8 Å². The molecule has 2 amide bonds.